The molecule has 0 radical (unpaired) electrons. The van der Waals surface area contributed by atoms with Crippen molar-refractivity contribution in [1.29, 1.82) is 0 Å². The Morgan fingerprint density at radius 2 is 0.656 bits per heavy atom. The molecule has 0 heterocycles. The summed E-state index contributed by atoms with van der Waals surface area (Å²) in [6, 6.07) is 0. The predicted molar refractivity (Wildman–Crippen MR) is 55.7 cm³/mol. The first-order valence-corrected chi connectivity index (χ1v) is 7.75. The Balaban J connectivity index is 7.87. The minimum atomic E-state index is -9.64. The molecule has 0 fully saturated rings. The molecule has 32 heavy (non-hydrogen) atoms. The quantitative estimate of drug-likeness (QED) is 0.386. The van der Waals surface area contributed by atoms with Crippen LogP contribution in [0.25, 0.3) is 0 Å². The molecule has 0 saturated heterocycles. The van der Waals surface area contributed by atoms with Crippen molar-refractivity contribution >= 4 is 9.84 Å². The van der Waals surface area contributed by atoms with Crippen molar-refractivity contribution in [3.8, 4) is 0 Å². The topological polar surface area (TPSA) is 34.1 Å². The third-order valence-electron chi connectivity index (χ3n) is 3.41. The number of halogens is 20. The van der Waals surface area contributed by atoms with E-state index in [0.717, 1.165) is 0 Å². The van der Waals surface area contributed by atoms with E-state index in [-0.39, 0.29) is 0 Å². The van der Waals surface area contributed by atoms with Gasteiger partial charge in [-0.2, -0.15) is 83.4 Å². The molecule has 0 rings (SSSR count). The van der Waals surface area contributed by atoms with Gasteiger partial charge in [0.15, 0.2) is 0 Å². The van der Waals surface area contributed by atoms with Gasteiger partial charge in [0.05, 0.1) is 0 Å². The van der Waals surface area contributed by atoms with E-state index >= 15 is 0 Å². The lowest BCUT2D eigenvalue weighted by atomic mass is 9.83. The van der Waals surface area contributed by atoms with Gasteiger partial charge in [0.2, 0.25) is 0 Å². The first-order chi connectivity index (χ1) is 13.2. The Morgan fingerprint density at radius 1 is 0.375 bits per heavy atom. The van der Waals surface area contributed by atoms with Crippen molar-refractivity contribution < 1.29 is 96.2 Å². The van der Waals surface area contributed by atoms with Crippen molar-refractivity contribution in [3.05, 3.63) is 0 Å². The molecule has 0 aliphatic rings. The van der Waals surface area contributed by atoms with Gasteiger partial charge >= 0.3 is 62.3 Å². The second kappa shape index (κ2) is 7.03. The summed E-state index contributed by atoms with van der Waals surface area (Å²) in [5.74, 6) is -36.5. The number of hydrogen-bond donors (Lipinski definition) is 0. The lowest BCUT2D eigenvalue weighted by Crippen LogP contribution is -2.80. The fourth-order valence-corrected chi connectivity index (χ4v) is 2.60. The first kappa shape index (κ1) is 30.6. The van der Waals surface area contributed by atoms with E-state index in [1.807, 2.05) is 0 Å². The zero-order valence-corrected chi connectivity index (χ0v) is 14.1. The average Bonchev–Trinajstić information content (AvgIpc) is 2.49. The second-order valence-corrected chi connectivity index (χ2v) is 7.40. The average molecular weight is 552 g/mol. The molecular formula is C9F20O2S. The van der Waals surface area contributed by atoms with Gasteiger partial charge in [-0.1, -0.05) is 0 Å². The highest BCUT2D eigenvalue weighted by Gasteiger charge is 3.00. The summed E-state index contributed by atoms with van der Waals surface area (Å²) in [7, 11) is -9.53. The van der Waals surface area contributed by atoms with Crippen molar-refractivity contribution in [1.82, 2.24) is 0 Å². The number of hydrogen-bond acceptors (Lipinski definition) is 2. The molecule has 0 spiro atoms. The summed E-state index contributed by atoms with van der Waals surface area (Å²) >= 11 is 0. The van der Waals surface area contributed by atoms with Crippen molar-refractivity contribution in [3.63, 3.8) is 0 Å². The Kier molecular flexibility index (Phi) is 6.71. The van der Waals surface area contributed by atoms with Gasteiger partial charge in [0.1, 0.15) is 0 Å². The maximum atomic E-state index is 14.0. The Hall–Kier alpha value is -1.45. The van der Waals surface area contributed by atoms with Crippen LogP contribution >= 0.6 is 0 Å². The van der Waals surface area contributed by atoms with Gasteiger partial charge < -0.3 is 0 Å². The minimum absolute atomic E-state index is 8.02. The fourth-order valence-electron chi connectivity index (χ4n) is 1.68. The SMILES string of the molecule is O=S(=O)(C(F)(F)F)C(F)(F)C(F)(C(F)(F)C(F)(F)F)C(F)(F)C(F)(F)C(F)(F)C(F)(F)F. The molecule has 2 nitrogen and oxygen atoms in total. The highest BCUT2D eigenvalue weighted by Crippen LogP contribution is 2.67. The van der Waals surface area contributed by atoms with E-state index in [2.05, 4.69) is 0 Å². The fraction of sp³-hybridized carbons (Fsp3) is 1.00. The molecule has 1 atom stereocenters. The van der Waals surface area contributed by atoms with E-state index in [9.17, 15) is 96.2 Å². The second-order valence-electron chi connectivity index (χ2n) is 5.42. The monoisotopic (exact) mass is 552 g/mol. The van der Waals surface area contributed by atoms with Gasteiger partial charge in [-0.3, -0.25) is 0 Å². The van der Waals surface area contributed by atoms with Crippen LogP contribution in [-0.4, -0.2) is 60.9 Å². The Bertz CT molecular complexity index is 811. The highest BCUT2D eigenvalue weighted by atomic mass is 32.2. The Morgan fingerprint density at radius 3 is 0.875 bits per heavy atom. The molecule has 1 unspecified atom stereocenters. The van der Waals surface area contributed by atoms with E-state index in [4.69, 9.17) is 0 Å². The largest absolute Gasteiger partial charge is 0.503 e. The number of rotatable bonds is 6. The van der Waals surface area contributed by atoms with Gasteiger partial charge in [-0.05, 0) is 0 Å². The lowest BCUT2D eigenvalue weighted by Gasteiger charge is -2.46. The minimum Gasteiger partial charge on any atom is -0.222 e. The molecule has 0 aliphatic carbocycles. The Labute approximate surface area is 160 Å². The summed E-state index contributed by atoms with van der Waals surface area (Å²) < 4.78 is 276. The van der Waals surface area contributed by atoms with E-state index in [0.29, 0.717) is 0 Å². The summed E-state index contributed by atoms with van der Waals surface area (Å²) in [6.07, 6.45) is -16.7. The maximum Gasteiger partial charge on any atom is 0.503 e. The van der Waals surface area contributed by atoms with Crippen LogP contribution in [0.5, 0.6) is 0 Å². The zero-order valence-electron chi connectivity index (χ0n) is 13.3. The van der Waals surface area contributed by atoms with E-state index < -0.39 is 62.3 Å². The molecule has 0 aromatic heterocycles. The molecule has 0 aromatic rings. The normalized spacial score (nSPS) is 18.5. The summed E-state index contributed by atoms with van der Waals surface area (Å²) in [4.78, 5) is 0. The molecule has 0 N–H and O–H groups in total. The van der Waals surface area contributed by atoms with Crippen molar-refractivity contribution in [2.24, 2.45) is 0 Å². The number of alkyl halides is 20. The first-order valence-electron chi connectivity index (χ1n) is 6.27. The van der Waals surface area contributed by atoms with Crippen molar-refractivity contribution in [2.75, 3.05) is 0 Å². The lowest BCUT2D eigenvalue weighted by molar-refractivity contribution is -0.455. The van der Waals surface area contributed by atoms with E-state index in [1.165, 1.54) is 0 Å². The zero-order chi connectivity index (χ0) is 27.0. The van der Waals surface area contributed by atoms with Gasteiger partial charge in [-0.25, -0.2) is 12.8 Å². The van der Waals surface area contributed by atoms with Crippen molar-refractivity contribution in [2.45, 2.75) is 52.5 Å². The third-order valence-corrected chi connectivity index (χ3v) is 4.98. The van der Waals surface area contributed by atoms with Crippen LogP contribution in [0, 0.1) is 0 Å². The molecular weight excluding hydrogens is 552 g/mol. The molecule has 0 saturated carbocycles. The highest BCUT2D eigenvalue weighted by molar-refractivity contribution is 7.93. The van der Waals surface area contributed by atoms with Crippen LogP contribution in [0.1, 0.15) is 0 Å². The molecule has 194 valence electrons. The summed E-state index contributed by atoms with van der Waals surface area (Å²) in [5.41, 5.74) is -17.7. The molecule has 0 bridgehead atoms. The standard InChI is InChI=1S/C9F20O2S/c10-1(3(13,14)6(19,20)21,8(25,26)32(30,31)9(27,28)29)2(11,12)4(15,16)5(17,18)7(22,23)24. The molecule has 0 amide bonds. The maximum absolute atomic E-state index is 14.0. The predicted octanol–water partition coefficient (Wildman–Crippen LogP) is 5.89. The van der Waals surface area contributed by atoms with E-state index in [1.54, 1.807) is 0 Å². The summed E-state index contributed by atoms with van der Waals surface area (Å²) in [5, 5.41) is -9.16. The third kappa shape index (κ3) is 3.42. The molecule has 0 aliphatic heterocycles. The van der Waals surface area contributed by atoms with Crippen LogP contribution in [-0.2, 0) is 9.84 Å². The van der Waals surface area contributed by atoms with Crippen LogP contribution in [0.3, 0.4) is 0 Å². The number of sulfone groups is 1. The van der Waals surface area contributed by atoms with Gasteiger partial charge in [-0.15, -0.1) is 0 Å². The summed E-state index contributed by atoms with van der Waals surface area (Å²) in [6.45, 7) is 0. The molecule has 23 heteroatoms. The van der Waals surface area contributed by atoms with Gasteiger partial charge in [0.25, 0.3) is 0 Å². The van der Waals surface area contributed by atoms with Crippen LogP contribution in [0.2, 0.25) is 0 Å². The smallest absolute Gasteiger partial charge is 0.222 e. The van der Waals surface area contributed by atoms with Crippen LogP contribution in [0.4, 0.5) is 87.8 Å². The molecule has 0 aromatic carbocycles. The van der Waals surface area contributed by atoms with Crippen LogP contribution in [0.15, 0.2) is 0 Å². The van der Waals surface area contributed by atoms with Crippen LogP contribution < -0.4 is 0 Å². The van der Waals surface area contributed by atoms with Gasteiger partial charge in [0, 0.05) is 0 Å².